The summed E-state index contributed by atoms with van der Waals surface area (Å²) in [4.78, 5) is 9.53. The number of benzene rings is 8. The van der Waals surface area contributed by atoms with E-state index < -0.39 is 0 Å². The molecule has 0 fully saturated rings. The van der Waals surface area contributed by atoms with Crippen LogP contribution in [-0.2, 0) is 20.1 Å². The molecule has 1 radical (unpaired) electrons. The summed E-state index contributed by atoms with van der Waals surface area (Å²) < 4.78 is 9.09. The number of imidazole rings is 1. The molecule has 0 aliphatic rings. The van der Waals surface area contributed by atoms with Gasteiger partial charge in [-0.3, -0.25) is 4.98 Å². The van der Waals surface area contributed by atoms with E-state index in [1.165, 1.54) is 33.4 Å². The van der Waals surface area contributed by atoms with Crippen LogP contribution in [0.15, 0.2) is 199 Å². The fourth-order valence-electron chi connectivity index (χ4n) is 8.89. The zero-order valence-corrected chi connectivity index (χ0v) is 40.1. The van der Waals surface area contributed by atoms with E-state index in [2.05, 4.69) is 153 Å². The van der Waals surface area contributed by atoms with Crippen LogP contribution >= 0.6 is 0 Å². The molecule has 0 atom stereocenters. The van der Waals surface area contributed by atoms with Crippen molar-refractivity contribution >= 4 is 33.0 Å². The molecule has 0 unspecified atom stereocenters. The first-order valence-electron chi connectivity index (χ1n) is 22.4. The van der Waals surface area contributed by atoms with E-state index in [9.17, 15) is 5.26 Å². The molecule has 0 bridgehead atoms. The average Bonchev–Trinajstić information content (AvgIpc) is 3.96. The van der Waals surface area contributed by atoms with Gasteiger partial charge in [-0.2, -0.15) is 5.26 Å². The van der Waals surface area contributed by atoms with Gasteiger partial charge in [0.2, 0.25) is 0 Å². The molecule has 0 aliphatic heterocycles. The van der Waals surface area contributed by atoms with Gasteiger partial charge in [-0.1, -0.05) is 148 Å². The Morgan fingerprint density at radius 2 is 1.18 bits per heavy atom. The number of fused-ring (bicyclic) bond motifs is 4. The molecule has 0 spiro atoms. The van der Waals surface area contributed by atoms with Crippen molar-refractivity contribution in [1.82, 2.24) is 14.5 Å². The summed E-state index contributed by atoms with van der Waals surface area (Å²) in [7, 11) is 0. The molecule has 0 saturated carbocycles. The second-order valence-corrected chi connectivity index (χ2v) is 17.1. The zero-order valence-electron chi connectivity index (χ0n) is 37.7. The molecular weight excluding hydrogens is 997 g/mol. The van der Waals surface area contributed by atoms with Gasteiger partial charge in [-0.15, -0.1) is 54.1 Å². The summed E-state index contributed by atoms with van der Waals surface area (Å²) >= 11 is 0. The predicted molar refractivity (Wildman–Crippen MR) is 270 cm³/mol. The van der Waals surface area contributed by atoms with Gasteiger partial charge < -0.3 is 14.0 Å². The summed E-state index contributed by atoms with van der Waals surface area (Å²) in [6, 6.07) is 73.3. The van der Waals surface area contributed by atoms with Crippen LogP contribution < -0.4 is 0 Å². The number of furan rings is 1. The fraction of sp³-hybridized carbons (Fsp3) is 0.0984. The van der Waals surface area contributed by atoms with E-state index in [1.54, 1.807) is 6.20 Å². The fourth-order valence-corrected chi connectivity index (χ4v) is 8.89. The van der Waals surface area contributed by atoms with Gasteiger partial charge >= 0.3 is 0 Å². The molecule has 6 heteroatoms. The second kappa shape index (κ2) is 19.4. The zero-order chi connectivity index (χ0) is 45.1. The van der Waals surface area contributed by atoms with Crippen LogP contribution in [0.25, 0.3) is 94.7 Å². The monoisotopic (exact) mass is 1040 g/mol. The second-order valence-electron chi connectivity index (χ2n) is 17.1. The summed E-state index contributed by atoms with van der Waals surface area (Å²) in [5, 5.41) is 12.1. The van der Waals surface area contributed by atoms with Crippen LogP contribution in [0, 0.1) is 23.5 Å². The molecule has 0 saturated heterocycles. The minimum Gasteiger partial charge on any atom is -0.500 e. The molecule has 67 heavy (non-hydrogen) atoms. The topological polar surface area (TPSA) is 67.6 Å². The molecule has 5 nitrogen and oxygen atoms in total. The smallest absolute Gasteiger partial charge is 0.122 e. The number of para-hydroxylation sites is 2. The van der Waals surface area contributed by atoms with Crippen LogP contribution in [0.1, 0.15) is 56.2 Å². The maximum Gasteiger partial charge on any atom is 0.122 e. The van der Waals surface area contributed by atoms with Crippen molar-refractivity contribution in [2.75, 3.05) is 0 Å². The number of aromatic nitrogens is 3. The Morgan fingerprint density at radius 3 is 1.81 bits per heavy atom. The van der Waals surface area contributed by atoms with E-state index in [-0.39, 0.29) is 31.9 Å². The van der Waals surface area contributed by atoms with Crippen molar-refractivity contribution in [2.45, 2.75) is 39.5 Å². The third kappa shape index (κ3) is 8.76. The average molecular weight is 1040 g/mol. The van der Waals surface area contributed by atoms with Crippen molar-refractivity contribution in [3.8, 4) is 67.8 Å². The van der Waals surface area contributed by atoms with Gasteiger partial charge in [0.05, 0.1) is 34.1 Å². The Kier molecular flexibility index (Phi) is 12.9. The Bertz CT molecular complexity index is 3450. The van der Waals surface area contributed by atoms with Crippen LogP contribution in [0.5, 0.6) is 0 Å². The first-order chi connectivity index (χ1) is 32.4. The van der Waals surface area contributed by atoms with Gasteiger partial charge in [0.1, 0.15) is 5.58 Å². The van der Waals surface area contributed by atoms with Crippen molar-refractivity contribution in [3.05, 3.63) is 223 Å². The molecule has 0 amide bonds. The van der Waals surface area contributed by atoms with Crippen molar-refractivity contribution in [1.29, 1.82) is 5.26 Å². The number of nitrogens with zero attached hydrogens (tertiary/aromatic N) is 4. The van der Waals surface area contributed by atoms with Crippen LogP contribution in [-0.4, -0.2) is 14.5 Å². The van der Waals surface area contributed by atoms with Crippen molar-refractivity contribution in [2.24, 2.45) is 0 Å². The molecule has 0 aliphatic carbocycles. The van der Waals surface area contributed by atoms with Crippen molar-refractivity contribution in [3.63, 3.8) is 0 Å². The molecule has 11 rings (SSSR count). The van der Waals surface area contributed by atoms with E-state index in [1.807, 2.05) is 91.0 Å². The number of pyridine rings is 1. The molecule has 3 aromatic heterocycles. The van der Waals surface area contributed by atoms with Gasteiger partial charge in [-0.25, -0.2) is 0 Å². The summed E-state index contributed by atoms with van der Waals surface area (Å²) in [6.07, 6.45) is 1.79. The molecule has 327 valence electrons. The first kappa shape index (κ1) is 44.5. The van der Waals surface area contributed by atoms with E-state index in [0.717, 1.165) is 61.3 Å². The maximum absolute atomic E-state index is 10.4. The Hall–Kier alpha value is -7.68. The molecule has 11 aromatic rings. The maximum atomic E-state index is 10.4. The third-order valence-corrected chi connectivity index (χ3v) is 12.2. The number of hydrogen-bond donors (Lipinski definition) is 0. The Balaban J connectivity index is 0.000000375. The van der Waals surface area contributed by atoms with Gasteiger partial charge in [0, 0.05) is 37.4 Å². The van der Waals surface area contributed by atoms with Crippen molar-refractivity contribution < 1.29 is 24.5 Å². The van der Waals surface area contributed by atoms with E-state index >= 15 is 0 Å². The van der Waals surface area contributed by atoms with Gasteiger partial charge in [-0.05, 0) is 105 Å². The molecule has 8 aromatic carbocycles. The number of nitriles is 1. The molecule has 3 heterocycles. The quantitative estimate of drug-likeness (QED) is 0.142. The molecule has 0 N–H and O–H groups in total. The Labute approximate surface area is 405 Å². The summed E-state index contributed by atoms with van der Waals surface area (Å²) in [6.45, 7) is 9.07. The van der Waals surface area contributed by atoms with Crippen LogP contribution in [0.3, 0.4) is 0 Å². The van der Waals surface area contributed by atoms with Gasteiger partial charge in [0.25, 0.3) is 0 Å². The third-order valence-electron chi connectivity index (χ3n) is 12.2. The van der Waals surface area contributed by atoms with E-state index in [0.29, 0.717) is 16.7 Å². The number of hydrogen-bond acceptors (Lipinski definition) is 4. The standard InChI is InChI=1S/C50H38N3O.C11H8N.Ir/c1-31(2)42-27-38(36-24-22-35(23-25-36)33-14-7-5-8-15-33)28-43(32(3)4)48(42)53-45-21-12-11-20-44(45)52-50(53)41-19-13-18-40-47-39(30-51)26-37(29-46(47)54-49(40)41)34-16-9-6-10-17-34;1-2-6-10(7-3-1)11-8-4-5-9-12-11;/h5-18,20-29,31-32H,1-4H3;1-6,8-9H;/q2*-1;. The SMILES string of the molecule is CC(C)c1cc(-c2ccc(-c3ccccc3)cc2)cc(C(C)C)c1-n1c(-c2[c-]ccc3c2oc2cc(-c4ccccc4)cc(C#N)c23)nc2ccccc21.[Ir].[c-]1ccccc1-c1ccccn1. The summed E-state index contributed by atoms with van der Waals surface area (Å²) in [5.74, 6) is 1.19. The molecular formula is C61H46IrN4O-2. The minimum absolute atomic E-state index is 0. The van der Waals surface area contributed by atoms with E-state index in [4.69, 9.17) is 9.40 Å². The Morgan fingerprint density at radius 1 is 0.582 bits per heavy atom. The van der Waals surface area contributed by atoms with Crippen LogP contribution in [0.4, 0.5) is 0 Å². The number of rotatable bonds is 8. The summed E-state index contributed by atoms with van der Waals surface area (Å²) in [5.41, 5.74) is 17.0. The largest absolute Gasteiger partial charge is 0.500 e. The van der Waals surface area contributed by atoms with Gasteiger partial charge in [0.15, 0.2) is 0 Å². The normalized spacial score (nSPS) is 11.1. The minimum atomic E-state index is 0. The van der Waals surface area contributed by atoms with Crippen LogP contribution in [0.2, 0.25) is 0 Å². The predicted octanol–water partition coefficient (Wildman–Crippen LogP) is 16.1. The first-order valence-corrected chi connectivity index (χ1v) is 22.4.